The van der Waals surface area contributed by atoms with Crippen LogP contribution in [-0.4, -0.2) is 39.0 Å². The van der Waals surface area contributed by atoms with Gasteiger partial charge in [-0.2, -0.15) is 0 Å². The largest absolute Gasteiger partial charge is 0.481 e. The van der Waals surface area contributed by atoms with Crippen molar-refractivity contribution in [2.45, 2.75) is 25.4 Å². The van der Waals surface area contributed by atoms with Crippen molar-refractivity contribution in [3.05, 3.63) is 29.3 Å². The molecule has 1 aliphatic rings. The smallest absolute Gasteiger partial charge is 0.326 e. The number of carbonyl (C=O) groups excluding carboxylic acids is 1. The molecule has 0 radical (unpaired) electrons. The van der Waals surface area contributed by atoms with Crippen LogP contribution in [0.15, 0.2) is 18.2 Å². The van der Waals surface area contributed by atoms with Crippen molar-refractivity contribution in [3.8, 4) is 0 Å². The summed E-state index contributed by atoms with van der Waals surface area (Å²) >= 11 is 0. The second kappa shape index (κ2) is 5.20. The van der Waals surface area contributed by atoms with E-state index in [1.165, 1.54) is 0 Å². The van der Waals surface area contributed by atoms with Crippen molar-refractivity contribution in [1.82, 2.24) is 4.90 Å². The fourth-order valence-corrected chi connectivity index (χ4v) is 2.34. The van der Waals surface area contributed by atoms with Crippen molar-refractivity contribution < 1.29 is 24.6 Å². The van der Waals surface area contributed by atoms with E-state index in [0.29, 0.717) is 16.8 Å². The van der Waals surface area contributed by atoms with Crippen LogP contribution in [-0.2, 0) is 16.1 Å². The summed E-state index contributed by atoms with van der Waals surface area (Å²) in [5.74, 6) is -2.78. The van der Waals surface area contributed by atoms with E-state index in [-0.39, 0.29) is 19.4 Å². The molecule has 2 rings (SSSR count). The Labute approximate surface area is 114 Å². The van der Waals surface area contributed by atoms with E-state index in [1.54, 1.807) is 18.2 Å². The van der Waals surface area contributed by atoms with Crippen LogP contribution in [0.3, 0.4) is 0 Å². The molecule has 1 aliphatic heterocycles. The Hall–Kier alpha value is -2.57. The fraction of sp³-hybridized carbons (Fsp3) is 0.308. The number of nitrogens with two attached hydrogens (primary N) is 1. The Morgan fingerprint density at radius 1 is 1.35 bits per heavy atom. The molecule has 0 saturated carbocycles. The number of benzene rings is 1. The minimum absolute atomic E-state index is 0.135. The second-order valence-electron chi connectivity index (χ2n) is 4.60. The molecule has 7 nitrogen and oxygen atoms in total. The minimum atomic E-state index is -1.22. The number of hydrogen-bond acceptors (Lipinski definition) is 4. The van der Waals surface area contributed by atoms with Crippen LogP contribution in [0.25, 0.3) is 0 Å². The third kappa shape index (κ3) is 2.42. The zero-order chi connectivity index (χ0) is 14.9. The normalized spacial score (nSPS) is 15.0. The second-order valence-corrected chi connectivity index (χ2v) is 4.60. The van der Waals surface area contributed by atoms with Gasteiger partial charge in [0.25, 0.3) is 5.91 Å². The van der Waals surface area contributed by atoms with E-state index >= 15 is 0 Å². The standard InChI is InChI=1S/C13H14N2O5/c14-8-3-1-2-7-6-15(12(18)11(7)8)9(13(19)20)4-5-10(16)17/h1-3,9H,4-6,14H2,(H,16,17)(H,19,20). The van der Waals surface area contributed by atoms with Gasteiger partial charge in [0.05, 0.1) is 5.56 Å². The van der Waals surface area contributed by atoms with Gasteiger partial charge in [-0.05, 0) is 18.1 Å². The third-order valence-corrected chi connectivity index (χ3v) is 3.29. The van der Waals surface area contributed by atoms with Gasteiger partial charge in [-0.15, -0.1) is 0 Å². The van der Waals surface area contributed by atoms with Gasteiger partial charge in [-0.25, -0.2) is 4.79 Å². The van der Waals surface area contributed by atoms with Crippen molar-refractivity contribution >= 4 is 23.5 Å². The Balaban J connectivity index is 2.25. The third-order valence-electron chi connectivity index (χ3n) is 3.29. The van der Waals surface area contributed by atoms with E-state index in [0.717, 1.165) is 4.90 Å². The molecular weight excluding hydrogens is 264 g/mol. The summed E-state index contributed by atoms with van der Waals surface area (Å²) in [6, 6.07) is 3.82. The quantitative estimate of drug-likeness (QED) is 0.676. The summed E-state index contributed by atoms with van der Waals surface area (Å²) in [7, 11) is 0. The molecule has 0 saturated heterocycles. The van der Waals surface area contributed by atoms with Crippen LogP contribution in [0.1, 0.15) is 28.8 Å². The van der Waals surface area contributed by atoms with Crippen LogP contribution < -0.4 is 5.73 Å². The number of rotatable bonds is 5. The highest BCUT2D eigenvalue weighted by molar-refractivity contribution is 6.04. The molecule has 0 bridgehead atoms. The summed E-state index contributed by atoms with van der Waals surface area (Å²) in [4.78, 5) is 35.2. The molecule has 0 spiro atoms. The average molecular weight is 278 g/mol. The number of fused-ring (bicyclic) bond motifs is 1. The molecule has 1 aromatic carbocycles. The Morgan fingerprint density at radius 3 is 2.60 bits per heavy atom. The van der Waals surface area contributed by atoms with E-state index in [1.807, 2.05) is 0 Å². The van der Waals surface area contributed by atoms with Gasteiger partial charge >= 0.3 is 11.9 Å². The van der Waals surface area contributed by atoms with E-state index in [2.05, 4.69) is 0 Å². The highest BCUT2D eigenvalue weighted by atomic mass is 16.4. The lowest BCUT2D eigenvalue weighted by atomic mass is 10.1. The topological polar surface area (TPSA) is 121 Å². The van der Waals surface area contributed by atoms with Crippen molar-refractivity contribution in [3.63, 3.8) is 0 Å². The monoisotopic (exact) mass is 278 g/mol. The molecule has 4 N–H and O–H groups in total. The minimum Gasteiger partial charge on any atom is -0.481 e. The number of nitrogens with zero attached hydrogens (tertiary/aromatic N) is 1. The number of carboxylic acids is 2. The maximum Gasteiger partial charge on any atom is 0.326 e. The molecule has 106 valence electrons. The molecule has 0 fully saturated rings. The van der Waals surface area contributed by atoms with E-state index < -0.39 is 23.9 Å². The zero-order valence-electron chi connectivity index (χ0n) is 10.6. The van der Waals surface area contributed by atoms with Gasteiger partial charge in [0, 0.05) is 18.7 Å². The van der Waals surface area contributed by atoms with Crippen LogP contribution in [0.4, 0.5) is 5.69 Å². The Bertz CT molecular complexity index is 584. The molecule has 1 aromatic rings. The maximum atomic E-state index is 12.2. The number of carbonyl (C=O) groups is 3. The SMILES string of the molecule is Nc1cccc2c1C(=O)N(C(CCC(=O)O)C(=O)O)C2. The van der Waals surface area contributed by atoms with E-state index in [4.69, 9.17) is 10.8 Å². The first kappa shape index (κ1) is 13.9. The van der Waals surface area contributed by atoms with Crippen molar-refractivity contribution in [1.29, 1.82) is 0 Å². The number of carboxylic acid groups (broad SMARTS) is 2. The molecule has 1 heterocycles. The number of anilines is 1. The Kier molecular flexibility index (Phi) is 3.60. The predicted octanol–water partition coefficient (Wildman–Crippen LogP) is 0.543. The predicted molar refractivity (Wildman–Crippen MR) is 69.0 cm³/mol. The first-order valence-corrected chi connectivity index (χ1v) is 6.04. The van der Waals surface area contributed by atoms with Gasteiger partial charge in [0.1, 0.15) is 6.04 Å². The number of aliphatic carboxylic acids is 2. The lowest BCUT2D eigenvalue weighted by Gasteiger charge is -2.23. The van der Waals surface area contributed by atoms with Gasteiger partial charge < -0.3 is 20.8 Å². The van der Waals surface area contributed by atoms with Crippen LogP contribution >= 0.6 is 0 Å². The first-order valence-electron chi connectivity index (χ1n) is 6.04. The summed E-state index contributed by atoms with van der Waals surface area (Å²) < 4.78 is 0. The van der Waals surface area contributed by atoms with Crippen LogP contribution in [0.2, 0.25) is 0 Å². The van der Waals surface area contributed by atoms with Crippen LogP contribution in [0, 0.1) is 0 Å². The number of nitrogen functional groups attached to an aromatic ring is 1. The molecule has 1 unspecified atom stereocenters. The van der Waals surface area contributed by atoms with Gasteiger partial charge in [0.2, 0.25) is 0 Å². The average Bonchev–Trinajstić information content (AvgIpc) is 2.68. The van der Waals surface area contributed by atoms with Crippen LogP contribution in [0.5, 0.6) is 0 Å². The van der Waals surface area contributed by atoms with Crippen molar-refractivity contribution in [2.24, 2.45) is 0 Å². The zero-order valence-corrected chi connectivity index (χ0v) is 10.6. The first-order chi connectivity index (χ1) is 9.41. The summed E-state index contributed by atoms with van der Waals surface area (Å²) in [6.07, 6.45) is -0.448. The highest BCUT2D eigenvalue weighted by Gasteiger charge is 2.37. The molecule has 1 amide bonds. The lowest BCUT2D eigenvalue weighted by Crippen LogP contribution is -2.41. The fourth-order valence-electron chi connectivity index (χ4n) is 2.34. The highest BCUT2D eigenvalue weighted by Crippen LogP contribution is 2.30. The lowest BCUT2D eigenvalue weighted by molar-refractivity contribution is -0.143. The molecule has 7 heteroatoms. The Morgan fingerprint density at radius 2 is 2.05 bits per heavy atom. The maximum absolute atomic E-state index is 12.2. The van der Waals surface area contributed by atoms with Gasteiger partial charge in [-0.1, -0.05) is 12.1 Å². The van der Waals surface area contributed by atoms with Crippen molar-refractivity contribution in [2.75, 3.05) is 5.73 Å². The molecule has 0 aromatic heterocycles. The van der Waals surface area contributed by atoms with Gasteiger partial charge in [0.15, 0.2) is 0 Å². The van der Waals surface area contributed by atoms with Gasteiger partial charge in [-0.3, -0.25) is 9.59 Å². The number of hydrogen-bond donors (Lipinski definition) is 3. The summed E-state index contributed by atoms with van der Waals surface area (Å²) in [6.45, 7) is 0.135. The summed E-state index contributed by atoms with van der Waals surface area (Å²) in [5, 5.41) is 17.8. The summed E-state index contributed by atoms with van der Waals surface area (Å²) in [5.41, 5.74) is 7.01. The molecular formula is C13H14N2O5. The van der Waals surface area contributed by atoms with E-state index in [9.17, 15) is 19.5 Å². The number of amides is 1. The molecule has 0 aliphatic carbocycles. The molecule has 20 heavy (non-hydrogen) atoms. The molecule has 1 atom stereocenters.